The van der Waals surface area contributed by atoms with Crippen LogP contribution in [0.3, 0.4) is 0 Å². The van der Waals surface area contributed by atoms with E-state index in [4.69, 9.17) is 9.47 Å². The molecule has 0 fully saturated rings. The molecule has 0 aliphatic carbocycles. The Labute approximate surface area is 192 Å². The largest absolute Gasteiger partial charge is 0.508 e. The Morgan fingerprint density at radius 1 is 0.697 bits per heavy atom. The predicted octanol–water partition coefficient (Wildman–Crippen LogP) is 6.75. The number of aliphatic hydroxyl groups excluding tert-OH is 1. The Bertz CT molecular complexity index is 1410. The van der Waals surface area contributed by atoms with Crippen molar-refractivity contribution >= 4 is 39.5 Å². The Balaban J connectivity index is 1.60. The summed E-state index contributed by atoms with van der Waals surface area (Å²) in [5.41, 5.74) is 1.65. The van der Waals surface area contributed by atoms with Gasteiger partial charge in [-0.25, -0.2) is 0 Å². The van der Waals surface area contributed by atoms with E-state index >= 15 is 0 Å². The smallest absolute Gasteiger partial charge is 0.182 e. The second kappa shape index (κ2) is 9.88. The fourth-order valence-corrected chi connectivity index (χ4v) is 3.83. The fraction of sp³-hybridized carbons (Fsp3) is 0.0690. The van der Waals surface area contributed by atoms with Gasteiger partial charge < -0.3 is 14.6 Å². The maximum absolute atomic E-state index is 12.5. The van der Waals surface area contributed by atoms with Crippen molar-refractivity contribution in [2.45, 2.75) is 0 Å². The number of allylic oxidation sites excluding steroid dienone is 3. The van der Waals surface area contributed by atoms with Crippen LogP contribution in [-0.4, -0.2) is 25.1 Å². The van der Waals surface area contributed by atoms with Gasteiger partial charge in [0.2, 0.25) is 0 Å². The second-order valence-corrected chi connectivity index (χ2v) is 7.44. The molecule has 0 aromatic heterocycles. The molecule has 0 aliphatic rings. The van der Waals surface area contributed by atoms with Crippen molar-refractivity contribution in [3.63, 3.8) is 0 Å². The van der Waals surface area contributed by atoms with Crippen molar-refractivity contribution in [3.8, 4) is 11.5 Å². The van der Waals surface area contributed by atoms with Crippen LogP contribution in [0.25, 0.3) is 33.7 Å². The van der Waals surface area contributed by atoms with Gasteiger partial charge in [0.25, 0.3) is 0 Å². The van der Waals surface area contributed by atoms with E-state index in [-0.39, 0.29) is 11.5 Å². The lowest BCUT2D eigenvalue weighted by Crippen LogP contribution is -1.92. The Morgan fingerprint density at radius 3 is 1.70 bits per heavy atom. The van der Waals surface area contributed by atoms with Crippen LogP contribution in [0.4, 0.5) is 0 Å². The van der Waals surface area contributed by atoms with Gasteiger partial charge in [-0.3, -0.25) is 4.79 Å². The molecule has 4 rings (SSSR count). The normalized spacial score (nSPS) is 12.1. The first-order valence-corrected chi connectivity index (χ1v) is 10.5. The zero-order chi connectivity index (χ0) is 23.2. The average molecular weight is 437 g/mol. The molecule has 0 aliphatic heterocycles. The highest BCUT2D eigenvalue weighted by atomic mass is 16.5. The highest BCUT2D eigenvalue weighted by Gasteiger charge is 2.07. The first-order chi connectivity index (χ1) is 16.1. The molecule has 0 unspecified atom stereocenters. The van der Waals surface area contributed by atoms with Gasteiger partial charge in [-0.05, 0) is 58.0 Å². The molecule has 0 radical (unpaired) electrons. The highest BCUT2D eigenvalue weighted by Crippen LogP contribution is 2.30. The van der Waals surface area contributed by atoms with E-state index in [1.54, 1.807) is 26.4 Å². The fourth-order valence-electron chi connectivity index (χ4n) is 3.83. The van der Waals surface area contributed by atoms with Crippen LogP contribution >= 0.6 is 0 Å². The Morgan fingerprint density at radius 2 is 1.18 bits per heavy atom. The number of hydrogen-bond donors (Lipinski definition) is 1. The quantitative estimate of drug-likeness (QED) is 0.198. The standard InChI is InChI=1S/C29H24O4/c1-32-28-17-11-20-7-3-5-9-24(20)26(28)15-13-22(30)19-23(31)14-16-27-25-10-6-4-8-21(25)12-18-29(27)33-2/h3-19,30H,1-2H3/b15-13+,16-14+,22-19-. The van der Waals surface area contributed by atoms with E-state index in [1.807, 2.05) is 72.8 Å². The van der Waals surface area contributed by atoms with Crippen LogP contribution in [0.1, 0.15) is 11.1 Å². The molecule has 4 heteroatoms. The Kier molecular flexibility index (Phi) is 6.56. The number of ketones is 1. The molecule has 0 spiro atoms. The van der Waals surface area contributed by atoms with E-state index in [0.29, 0.717) is 11.5 Å². The predicted molar refractivity (Wildman–Crippen MR) is 135 cm³/mol. The molecule has 0 heterocycles. The van der Waals surface area contributed by atoms with Crippen LogP contribution in [0, 0.1) is 0 Å². The number of ether oxygens (including phenoxy) is 2. The summed E-state index contributed by atoms with van der Waals surface area (Å²) in [6.07, 6.45) is 7.56. The zero-order valence-corrected chi connectivity index (χ0v) is 18.5. The lowest BCUT2D eigenvalue weighted by molar-refractivity contribution is -0.110. The average Bonchev–Trinajstić information content (AvgIpc) is 2.85. The third-order valence-electron chi connectivity index (χ3n) is 5.43. The van der Waals surface area contributed by atoms with Gasteiger partial charge in [-0.15, -0.1) is 0 Å². The lowest BCUT2D eigenvalue weighted by Gasteiger charge is -2.08. The summed E-state index contributed by atoms with van der Waals surface area (Å²) in [5, 5.41) is 14.4. The monoisotopic (exact) mass is 436 g/mol. The maximum Gasteiger partial charge on any atom is 0.182 e. The summed E-state index contributed by atoms with van der Waals surface area (Å²) in [6.45, 7) is 0. The van der Waals surface area contributed by atoms with Gasteiger partial charge in [0.1, 0.15) is 17.3 Å². The number of carbonyl (C=O) groups is 1. The Hall–Kier alpha value is -4.31. The molecule has 4 aromatic carbocycles. The molecule has 4 nitrogen and oxygen atoms in total. The third kappa shape index (κ3) is 4.80. The van der Waals surface area contributed by atoms with E-state index < -0.39 is 0 Å². The van der Waals surface area contributed by atoms with Crippen molar-refractivity contribution < 1.29 is 19.4 Å². The van der Waals surface area contributed by atoms with Crippen molar-refractivity contribution in [1.29, 1.82) is 0 Å². The van der Waals surface area contributed by atoms with Gasteiger partial charge in [0, 0.05) is 17.2 Å². The molecule has 164 valence electrons. The van der Waals surface area contributed by atoms with Crippen LogP contribution in [0.15, 0.2) is 96.8 Å². The van der Waals surface area contributed by atoms with E-state index in [0.717, 1.165) is 32.7 Å². The van der Waals surface area contributed by atoms with Gasteiger partial charge in [-0.1, -0.05) is 60.7 Å². The summed E-state index contributed by atoms with van der Waals surface area (Å²) < 4.78 is 10.9. The molecule has 33 heavy (non-hydrogen) atoms. The van der Waals surface area contributed by atoms with Gasteiger partial charge in [0.05, 0.1) is 14.2 Å². The molecular weight excluding hydrogens is 412 g/mol. The number of aliphatic hydroxyl groups is 1. The van der Waals surface area contributed by atoms with Crippen molar-refractivity contribution in [2.75, 3.05) is 14.2 Å². The van der Waals surface area contributed by atoms with Crippen molar-refractivity contribution in [2.24, 2.45) is 0 Å². The summed E-state index contributed by atoms with van der Waals surface area (Å²) in [5.74, 6) is 0.877. The van der Waals surface area contributed by atoms with Crippen LogP contribution in [0.5, 0.6) is 11.5 Å². The summed E-state index contributed by atoms with van der Waals surface area (Å²) in [6, 6.07) is 23.5. The number of methoxy groups -OCH3 is 2. The van der Waals surface area contributed by atoms with Crippen LogP contribution < -0.4 is 9.47 Å². The van der Waals surface area contributed by atoms with Crippen LogP contribution in [-0.2, 0) is 4.79 Å². The van der Waals surface area contributed by atoms with E-state index in [1.165, 1.54) is 18.2 Å². The number of benzene rings is 4. The highest BCUT2D eigenvalue weighted by molar-refractivity contribution is 6.05. The first kappa shape index (κ1) is 21.9. The van der Waals surface area contributed by atoms with Crippen molar-refractivity contribution in [3.05, 3.63) is 108 Å². The van der Waals surface area contributed by atoms with Crippen LogP contribution in [0.2, 0.25) is 0 Å². The summed E-state index contributed by atoms with van der Waals surface area (Å²) in [4.78, 5) is 12.5. The minimum atomic E-state index is -0.336. The summed E-state index contributed by atoms with van der Waals surface area (Å²) >= 11 is 0. The molecule has 0 amide bonds. The third-order valence-corrected chi connectivity index (χ3v) is 5.43. The van der Waals surface area contributed by atoms with Gasteiger partial charge >= 0.3 is 0 Å². The van der Waals surface area contributed by atoms with Crippen molar-refractivity contribution in [1.82, 2.24) is 0 Å². The summed E-state index contributed by atoms with van der Waals surface area (Å²) in [7, 11) is 3.20. The van der Waals surface area contributed by atoms with E-state index in [2.05, 4.69) is 0 Å². The number of carbonyl (C=O) groups excluding carboxylic acids is 1. The molecular formula is C29H24O4. The second-order valence-electron chi connectivity index (χ2n) is 7.44. The molecule has 1 N–H and O–H groups in total. The minimum Gasteiger partial charge on any atom is -0.508 e. The molecule has 0 saturated heterocycles. The van der Waals surface area contributed by atoms with Gasteiger partial charge in [0.15, 0.2) is 5.78 Å². The van der Waals surface area contributed by atoms with Gasteiger partial charge in [-0.2, -0.15) is 0 Å². The molecule has 0 bridgehead atoms. The zero-order valence-electron chi connectivity index (χ0n) is 18.5. The lowest BCUT2D eigenvalue weighted by atomic mass is 10.0. The maximum atomic E-state index is 12.5. The molecule has 0 saturated carbocycles. The number of rotatable bonds is 7. The topological polar surface area (TPSA) is 55.8 Å². The number of fused-ring (bicyclic) bond motifs is 2. The molecule has 4 aromatic rings. The molecule has 0 atom stereocenters. The SMILES string of the molecule is COc1ccc2ccccc2c1/C=C/C(=O)/C=C(O)/C=C/c1c(OC)ccc2ccccc12. The van der Waals surface area contributed by atoms with E-state index in [9.17, 15) is 9.90 Å². The number of hydrogen-bond acceptors (Lipinski definition) is 4. The minimum absolute atomic E-state index is 0.149. The first-order valence-electron chi connectivity index (χ1n) is 10.5.